The summed E-state index contributed by atoms with van der Waals surface area (Å²) in [5.41, 5.74) is 1.23. The van der Waals surface area contributed by atoms with Gasteiger partial charge in [-0.05, 0) is 5.56 Å². The number of thioether (sulfide) groups is 1. The van der Waals surface area contributed by atoms with Gasteiger partial charge in [0.1, 0.15) is 6.04 Å². The molecular weight excluding hydrogens is 320 g/mol. The summed E-state index contributed by atoms with van der Waals surface area (Å²) in [6.45, 7) is 1.72. The first kappa shape index (κ1) is 15.4. The molecule has 2 aromatic rings. The second-order valence-corrected chi connectivity index (χ2v) is 6.92. The highest BCUT2D eigenvalue weighted by Crippen LogP contribution is 2.28. The average Bonchev–Trinajstić information content (AvgIpc) is 3.02. The third kappa shape index (κ3) is 4.26. The number of nitrogens with one attached hydrogen (secondary N) is 2. The number of ether oxygens (including phenoxy) is 1. The van der Waals surface area contributed by atoms with Crippen molar-refractivity contribution < 1.29 is 9.53 Å². The molecule has 0 spiro atoms. The molecule has 0 bridgehead atoms. The first-order valence-electron chi connectivity index (χ1n) is 6.93. The fourth-order valence-electron chi connectivity index (χ4n) is 1.96. The summed E-state index contributed by atoms with van der Waals surface area (Å²) in [6, 6.07) is 9.85. The van der Waals surface area contributed by atoms with E-state index in [1.165, 1.54) is 16.9 Å². The fourth-order valence-corrected chi connectivity index (χ4v) is 3.68. The number of rotatable bonds is 5. The van der Waals surface area contributed by atoms with E-state index in [9.17, 15) is 4.79 Å². The number of nitrogens with zero attached hydrogens (tertiary/aromatic N) is 2. The molecule has 1 fully saturated rings. The molecule has 3 rings (SSSR count). The number of aromatic nitrogens is 2. The van der Waals surface area contributed by atoms with E-state index in [-0.39, 0.29) is 11.9 Å². The third-order valence-electron chi connectivity index (χ3n) is 3.08. The SMILES string of the molecule is O=C(Nc1nnc(SCc2ccccc2)s1)C1COCCN1. The number of anilines is 1. The van der Waals surface area contributed by atoms with Gasteiger partial charge >= 0.3 is 0 Å². The van der Waals surface area contributed by atoms with Gasteiger partial charge in [0.25, 0.3) is 0 Å². The van der Waals surface area contributed by atoms with Crippen LogP contribution in [-0.4, -0.2) is 41.9 Å². The Hall–Kier alpha value is -1.48. The van der Waals surface area contributed by atoms with Crippen LogP contribution < -0.4 is 10.6 Å². The first-order valence-corrected chi connectivity index (χ1v) is 8.74. The van der Waals surface area contributed by atoms with E-state index >= 15 is 0 Å². The van der Waals surface area contributed by atoms with Crippen LogP contribution in [0.25, 0.3) is 0 Å². The van der Waals surface area contributed by atoms with Crippen molar-refractivity contribution in [1.82, 2.24) is 15.5 Å². The standard InChI is InChI=1S/C14H16N4O2S2/c19-12(11-8-20-7-6-15-11)16-13-17-18-14(22-13)21-9-10-4-2-1-3-5-10/h1-5,11,15H,6-9H2,(H,16,17,19). The van der Waals surface area contributed by atoms with Crippen LogP contribution in [0.15, 0.2) is 34.7 Å². The molecule has 0 saturated carbocycles. The summed E-state index contributed by atoms with van der Waals surface area (Å²) in [4.78, 5) is 12.0. The summed E-state index contributed by atoms with van der Waals surface area (Å²) in [6.07, 6.45) is 0. The van der Waals surface area contributed by atoms with Crippen LogP contribution in [0.2, 0.25) is 0 Å². The minimum absolute atomic E-state index is 0.129. The number of carbonyl (C=O) groups is 1. The average molecular weight is 336 g/mol. The Morgan fingerprint density at radius 2 is 2.27 bits per heavy atom. The molecule has 1 unspecified atom stereocenters. The van der Waals surface area contributed by atoms with Crippen LogP contribution in [0.3, 0.4) is 0 Å². The van der Waals surface area contributed by atoms with Gasteiger partial charge in [0.15, 0.2) is 4.34 Å². The van der Waals surface area contributed by atoms with Crippen molar-refractivity contribution in [3.05, 3.63) is 35.9 Å². The molecule has 8 heteroatoms. The highest BCUT2D eigenvalue weighted by molar-refractivity contribution is 8.00. The zero-order valence-electron chi connectivity index (χ0n) is 11.8. The largest absolute Gasteiger partial charge is 0.378 e. The maximum atomic E-state index is 12.0. The summed E-state index contributed by atoms with van der Waals surface area (Å²) >= 11 is 2.99. The van der Waals surface area contributed by atoms with E-state index in [4.69, 9.17) is 4.74 Å². The zero-order valence-corrected chi connectivity index (χ0v) is 13.5. The maximum Gasteiger partial charge on any atom is 0.245 e. The number of benzene rings is 1. The number of hydrogen-bond donors (Lipinski definition) is 2. The Balaban J connectivity index is 1.51. The fraction of sp³-hybridized carbons (Fsp3) is 0.357. The van der Waals surface area contributed by atoms with Crippen LogP contribution >= 0.6 is 23.1 Å². The second-order valence-electron chi connectivity index (χ2n) is 4.72. The van der Waals surface area contributed by atoms with Crippen molar-refractivity contribution >= 4 is 34.1 Å². The van der Waals surface area contributed by atoms with Crippen molar-refractivity contribution in [3.63, 3.8) is 0 Å². The predicted octanol–water partition coefficient (Wildman–Crippen LogP) is 1.76. The van der Waals surface area contributed by atoms with E-state index in [0.29, 0.717) is 24.9 Å². The van der Waals surface area contributed by atoms with Gasteiger partial charge in [0.2, 0.25) is 11.0 Å². The van der Waals surface area contributed by atoms with Crippen molar-refractivity contribution in [2.45, 2.75) is 16.1 Å². The Kier molecular flexibility index (Phi) is 5.38. The smallest absolute Gasteiger partial charge is 0.245 e. The van der Waals surface area contributed by atoms with Crippen LogP contribution in [-0.2, 0) is 15.3 Å². The quantitative estimate of drug-likeness (QED) is 0.640. The molecule has 1 saturated heterocycles. The molecule has 116 valence electrons. The Morgan fingerprint density at radius 1 is 1.41 bits per heavy atom. The first-order chi connectivity index (χ1) is 10.8. The number of hydrogen-bond acceptors (Lipinski definition) is 7. The summed E-state index contributed by atoms with van der Waals surface area (Å²) in [5, 5.41) is 14.5. The van der Waals surface area contributed by atoms with Crippen molar-refractivity contribution in [2.75, 3.05) is 25.1 Å². The van der Waals surface area contributed by atoms with E-state index in [2.05, 4.69) is 33.0 Å². The molecule has 0 aliphatic carbocycles. The van der Waals surface area contributed by atoms with Gasteiger partial charge in [-0.1, -0.05) is 53.4 Å². The lowest BCUT2D eigenvalue weighted by molar-refractivity contribution is -0.120. The highest BCUT2D eigenvalue weighted by atomic mass is 32.2. The van der Waals surface area contributed by atoms with Crippen molar-refractivity contribution in [1.29, 1.82) is 0 Å². The Morgan fingerprint density at radius 3 is 3.05 bits per heavy atom. The topological polar surface area (TPSA) is 76.1 Å². The third-order valence-corrected chi connectivity index (χ3v) is 5.12. The van der Waals surface area contributed by atoms with Gasteiger partial charge in [0, 0.05) is 12.3 Å². The molecule has 1 aromatic carbocycles. The van der Waals surface area contributed by atoms with Gasteiger partial charge in [0.05, 0.1) is 13.2 Å². The summed E-state index contributed by atoms with van der Waals surface area (Å²) < 4.78 is 6.11. The van der Waals surface area contributed by atoms with Gasteiger partial charge in [-0.3, -0.25) is 10.1 Å². The van der Waals surface area contributed by atoms with Crippen LogP contribution in [0.5, 0.6) is 0 Å². The molecule has 0 radical (unpaired) electrons. The monoisotopic (exact) mass is 336 g/mol. The van der Waals surface area contributed by atoms with E-state index in [0.717, 1.165) is 10.1 Å². The van der Waals surface area contributed by atoms with Crippen molar-refractivity contribution in [3.8, 4) is 0 Å². The Bertz CT molecular complexity index is 614. The molecular formula is C14H16N4O2S2. The normalized spacial score (nSPS) is 18.1. The van der Waals surface area contributed by atoms with Gasteiger partial charge in [-0.25, -0.2) is 0 Å². The molecule has 22 heavy (non-hydrogen) atoms. The predicted molar refractivity (Wildman–Crippen MR) is 87.2 cm³/mol. The van der Waals surface area contributed by atoms with Crippen molar-refractivity contribution in [2.24, 2.45) is 0 Å². The lowest BCUT2D eigenvalue weighted by atomic mass is 10.2. The van der Waals surface area contributed by atoms with E-state index in [1.807, 2.05) is 18.2 Å². The minimum atomic E-state index is -0.321. The molecule has 1 atom stereocenters. The maximum absolute atomic E-state index is 12.0. The molecule has 2 heterocycles. The second kappa shape index (κ2) is 7.68. The molecule has 2 N–H and O–H groups in total. The lowest BCUT2D eigenvalue weighted by Gasteiger charge is -2.22. The van der Waals surface area contributed by atoms with Crippen LogP contribution in [0.1, 0.15) is 5.56 Å². The van der Waals surface area contributed by atoms with Crippen LogP contribution in [0.4, 0.5) is 5.13 Å². The summed E-state index contributed by atoms with van der Waals surface area (Å²) in [7, 11) is 0. The number of carbonyl (C=O) groups excluding carboxylic acids is 1. The Labute approximate surface area is 136 Å². The zero-order chi connectivity index (χ0) is 15.2. The van der Waals surface area contributed by atoms with Gasteiger partial charge in [-0.15, -0.1) is 10.2 Å². The number of amides is 1. The summed E-state index contributed by atoms with van der Waals surface area (Å²) in [5.74, 6) is 0.706. The molecule has 1 aliphatic heterocycles. The minimum Gasteiger partial charge on any atom is -0.378 e. The number of morpholine rings is 1. The van der Waals surface area contributed by atoms with Crippen LogP contribution in [0, 0.1) is 0 Å². The molecule has 1 amide bonds. The molecule has 1 aromatic heterocycles. The van der Waals surface area contributed by atoms with E-state index < -0.39 is 0 Å². The van der Waals surface area contributed by atoms with Gasteiger partial charge < -0.3 is 10.1 Å². The lowest BCUT2D eigenvalue weighted by Crippen LogP contribution is -2.48. The molecule has 1 aliphatic rings. The highest BCUT2D eigenvalue weighted by Gasteiger charge is 2.22. The van der Waals surface area contributed by atoms with E-state index in [1.54, 1.807) is 11.8 Å². The van der Waals surface area contributed by atoms with Gasteiger partial charge in [-0.2, -0.15) is 0 Å². The molecule has 6 nitrogen and oxygen atoms in total.